The lowest BCUT2D eigenvalue weighted by Gasteiger charge is -2.18. The van der Waals surface area contributed by atoms with E-state index in [9.17, 15) is 4.79 Å². The van der Waals surface area contributed by atoms with Crippen molar-refractivity contribution < 1.29 is 4.79 Å². The predicted octanol–water partition coefficient (Wildman–Crippen LogP) is 2.36. The van der Waals surface area contributed by atoms with Crippen molar-refractivity contribution in [3.8, 4) is 0 Å². The first-order valence-electron chi connectivity index (χ1n) is 6.46. The quantitative estimate of drug-likeness (QED) is 0.881. The number of nitrogens with zero attached hydrogens (tertiary/aromatic N) is 3. The molecule has 2 aromatic heterocycles. The number of anilines is 1. The van der Waals surface area contributed by atoms with Crippen molar-refractivity contribution >= 4 is 33.3 Å². The summed E-state index contributed by atoms with van der Waals surface area (Å²) in [6, 6.07) is 1.99. The number of carbonyl (C=O) groups excluding carboxylic acids is 1. The molecular formula is C13H18N4OS. The Balaban J connectivity index is 1.92. The zero-order valence-electron chi connectivity index (χ0n) is 11.2. The first-order valence-corrected chi connectivity index (χ1v) is 7.34. The lowest BCUT2D eigenvalue weighted by atomic mass is 10.3. The lowest BCUT2D eigenvalue weighted by Crippen LogP contribution is -2.31. The summed E-state index contributed by atoms with van der Waals surface area (Å²) in [6.45, 7) is 6.11. The minimum atomic E-state index is 0.174. The number of hydrogen-bond donors (Lipinski definition) is 1. The Kier molecular flexibility index (Phi) is 4.68. The van der Waals surface area contributed by atoms with Crippen molar-refractivity contribution in [2.75, 3.05) is 25.0 Å². The molecule has 0 saturated carbocycles. The minimum Gasteiger partial charge on any atom is -0.369 e. The first kappa shape index (κ1) is 13.7. The molecule has 0 saturated heterocycles. The summed E-state index contributed by atoms with van der Waals surface area (Å²) in [5.74, 6) is 0.978. The number of fused-ring (bicyclic) bond motifs is 1. The Bertz CT molecular complexity index is 550. The van der Waals surface area contributed by atoms with Gasteiger partial charge in [-0.1, -0.05) is 0 Å². The average Bonchev–Trinajstić information content (AvgIpc) is 2.89. The van der Waals surface area contributed by atoms with Gasteiger partial charge in [-0.3, -0.25) is 4.79 Å². The Hall–Kier alpha value is -1.69. The molecule has 0 atom stereocenters. The Morgan fingerprint density at radius 3 is 2.89 bits per heavy atom. The maximum atomic E-state index is 11.9. The van der Waals surface area contributed by atoms with Crippen molar-refractivity contribution in [3.63, 3.8) is 0 Å². The molecule has 2 heterocycles. The van der Waals surface area contributed by atoms with Crippen LogP contribution in [0.3, 0.4) is 0 Å². The lowest BCUT2D eigenvalue weighted by molar-refractivity contribution is -0.130. The molecule has 5 nitrogen and oxygen atoms in total. The van der Waals surface area contributed by atoms with E-state index >= 15 is 0 Å². The third kappa shape index (κ3) is 3.20. The van der Waals surface area contributed by atoms with E-state index in [1.807, 2.05) is 30.2 Å². The molecule has 102 valence electrons. The standard InChI is InChI=1S/C13H18N4OS/c1-3-17(4-2)11(18)5-7-14-12-10-6-8-19-13(10)16-9-15-12/h6,8-9H,3-5,7H2,1-2H3,(H,14,15,16). The van der Waals surface area contributed by atoms with Crippen LogP contribution in [0.15, 0.2) is 17.8 Å². The monoisotopic (exact) mass is 278 g/mol. The molecule has 1 N–H and O–H groups in total. The number of hydrogen-bond acceptors (Lipinski definition) is 5. The van der Waals surface area contributed by atoms with Crippen molar-refractivity contribution in [1.29, 1.82) is 0 Å². The number of amides is 1. The van der Waals surface area contributed by atoms with Crippen LogP contribution < -0.4 is 5.32 Å². The second-order valence-electron chi connectivity index (χ2n) is 4.10. The van der Waals surface area contributed by atoms with Crippen LogP contribution in [0.2, 0.25) is 0 Å². The van der Waals surface area contributed by atoms with Crippen molar-refractivity contribution in [2.45, 2.75) is 20.3 Å². The summed E-state index contributed by atoms with van der Waals surface area (Å²) in [5.41, 5.74) is 0. The zero-order valence-corrected chi connectivity index (χ0v) is 12.0. The van der Waals surface area contributed by atoms with E-state index in [1.54, 1.807) is 17.7 Å². The molecule has 0 radical (unpaired) electrons. The van der Waals surface area contributed by atoms with Gasteiger partial charge in [-0.25, -0.2) is 9.97 Å². The summed E-state index contributed by atoms with van der Waals surface area (Å²) in [5, 5.41) is 6.22. The van der Waals surface area contributed by atoms with Crippen LogP contribution in [-0.2, 0) is 4.79 Å². The van der Waals surface area contributed by atoms with Gasteiger partial charge in [0.1, 0.15) is 17.0 Å². The van der Waals surface area contributed by atoms with Gasteiger partial charge in [0, 0.05) is 26.1 Å². The number of aromatic nitrogens is 2. The van der Waals surface area contributed by atoms with E-state index in [4.69, 9.17) is 0 Å². The van der Waals surface area contributed by atoms with E-state index in [-0.39, 0.29) is 5.91 Å². The molecule has 2 rings (SSSR count). The van der Waals surface area contributed by atoms with Gasteiger partial charge >= 0.3 is 0 Å². The topological polar surface area (TPSA) is 58.1 Å². The zero-order chi connectivity index (χ0) is 13.7. The van der Waals surface area contributed by atoms with Crippen LogP contribution in [0.1, 0.15) is 20.3 Å². The Morgan fingerprint density at radius 1 is 1.37 bits per heavy atom. The molecule has 0 bridgehead atoms. The van der Waals surface area contributed by atoms with Crippen LogP contribution in [0, 0.1) is 0 Å². The summed E-state index contributed by atoms with van der Waals surface area (Å²) in [4.78, 5) is 23.1. The first-order chi connectivity index (χ1) is 9.26. The summed E-state index contributed by atoms with van der Waals surface area (Å²) in [7, 11) is 0. The van der Waals surface area contributed by atoms with Gasteiger partial charge in [-0.2, -0.15) is 0 Å². The number of carbonyl (C=O) groups is 1. The summed E-state index contributed by atoms with van der Waals surface area (Å²) < 4.78 is 0. The third-order valence-corrected chi connectivity index (χ3v) is 3.83. The fourth-order valence-corrected chi connectivity index (χ4v) is 2.69. The van der Waals surface area contributed by atoms with Gasteiger partial charge in [-0.05, 0) is 25.3 Å². The van der Waals surface area contributed by atoms with Crippen LogP contribution in [0.25, 0.3) is 10.2 Å². The van der Waals surface area contributed by atoms with E-state index in [2.05, 4.69) is 15.3 Å². The van der Waals surface area contributed by atoms with Gasteiger partial charge < -0.3 is 10.2 Å². The van der Waals surface area contributed by atoms with E-state index in [0.29, 0.717) is 13.0 Å². The number of thiophene rings is 1. The predicted molar refractivity (Wildman–Crippen MR) is 78.4 cm³/mol. The van der Waals surface area contributed by atoms with Crippen LogP contribution >= 0.6 is 11.3 Å². The molecular weight excluding hydrogens is 260 g/mol. The summed E-state index contributed by atoms with van der Waals surface area (Å²) >= 11 is 1.59. The molecule has 0 aliphatic carbocycles. The van der Waals surface area contributed by atoms with E-state index in [0.717, 1.165) is 29.1 Å². The van der Waals surface area contributed by atoms with Gasteiger partial charge in [0.25, 0.3) is 0 Å². The molecule has 0 spiro atoms. The molecule has 0 unspecified atom stereocenters. The Labute approximate surface area is 116 Å². The summed E-state index contributed by atoms with van der Waals surface area (Å²) in [6.07, 6.45) is 2.03. The van der Waals surface area contributed by atoms with Crippen molar-refractivity contribution in [2.24, 2.45) is 0 Å². The average molecular weight is 278 g/mol. The number of rotatable bonds is 6. The second-order valence-corrected chi connectivity index (χ2v) is 5.00. The maximum Gasteiger partial charge on any atom is 0.224 e. The fraction of sp³-hybridized carbons (Fsp3) is 0.462. The van der Waals surface area contributed by atoms with E-state index in [1.165, 1.54) is 0 Å². The molecule has 6 heteroatoms. The maximum absolute atomic E-state index is 11.9. The van der Waals surface area contributed by atoms with Crippen molar-refractivity contribution in [3.05, 3.63) is 17.8 Å². The van der Waals surface area contributed by atoms with Crippen LogP contribution in [-0.4, -0.2) is 40.4 Å². The second kappa shape index (κ2) is 6.47. The normalized spacial score (nSPS) is 10.6. The molecule has 0 aliphatic heterocycles. The van der Waals surface area contributed by atoms with Crippen molar-refractivity contribution in [1.82, 2.24) is 14.9 Å². The number of nitrogens with one attached hydrogen (secondary N) is 1. The highest BCUT2D eigenvalue weighted by molar-refractivity contribution is 7.16. The minimum absolute atomic E-state index is 0.174. The van der Waals surface area contributed by atoms with Gasteiger partial charge in [-0.15, -0.1) is 11.3 Å². The van der Waals surface area contributed by atoms with Gasteiger partial charge in [0.05, 0.1) is 5.39 Å². The Morgan fingerprint density at radius 2 is 2.16 bits per heavy atom. The molecule has 2 aromatic rings. The molecule has 19 heavy (non-hydrogen) atoms. The molecule has 0 aliphatic rings. The van der Waals surface area contributed by atoms with E-state index < -0.39 is 0 Å². The molecule has 0 fully saturated rings. The largest absolute Gasteiger partial charge is 0.369 e. The van der Waals surface area contributed by atoms with Gasteiger partial charge in [0.15, 0.2) is 0 Å². The van der Waals surface area contributed by atoms with Crippen LogP contribution in [0.4, 0.5) is 5.82 Å². The SMILES string of the molecule is CCN(CC)C(=O)CCNc1ncnc2sccc12. The third-order valence-electron chi connectivity index (χ3n) is 3.01. The highest BCUT2D eigenvalue weighted by Gasteiger charge is 2.09. The highest BCUT2D eigenvalue weighted by atomic mass is 32.1. The fourth-order valence-electron chi connectivity index (χ4n) is 1.95. The van der Waals surface area contributed by atoms with Gasteiger partial charge in [0.2, 0.25) is 5.91 Å². The molecule has 0 aromatic carbocycles. The van der Waals surface area contributed by atoms with Crippen LogP contribution in [0.5, 0.6) is 0 Å². The molecule has 1 amide bonds. The smallest absolute Gasteiger partial charge is 0.224 e. The highest BCUT2D eigenvalue weighted by Crippen LogP contribution is 2.23.